The molecule has 1 aromatic carbocycles. The second-order valence-corrected chi connectivity index (χ2v) is 10.5. The van der Waals surface area contributed by atoms with Crippen LogP contribution in [-0.4, -0.2) is 46.2 Å². The van der Waals surface area contributed by atoms with E-state index in [0.29, 0.717) is 6.42 Å². The fourth-order valence-electron chi connectivity index (χ4n) is 3.49. The van der Waals surface area contributed by atoms with E-state index in [2.05, 4.69) is 15.6 Å². The molecule has 1 aromatic heterocycles. The largest absolute Gasteiger partial charge is 0.458 e. The molecule has 8 nitrogen and oxygen atoms in total. The van der Waals surface area contributed by atoms with Crippen molar-refractivity contribution in [2.75, 3.05) is 0 Å². The predicted molar refractivity (Wildman–Crippen MR) is 132 cm³/mol. The summed E-state index contributed by atoms with van der Waals surface area (Å²) >= 11 is 0. The van der Waals surface area contributed by atoms with Gasteiger partial charge in [0.2, 0.25) is 5.91 Å². The highest BCUT2D eigenvalue weighted by atomic mass is 16.6. The van der Waals surface area contributed by atoms with Crippen LogP contribution in [0.15, 0.2) is 30.5 Å². The number of alkyl carbamates (subject to hydrolysis) is 1. The highest BCUT2D eigenvalue weighted by Gasteiger charge is 2.31. The molecule has 188 valence electrons. The third kappa shape index (κ3) is 8.72. The van der Waals surface area contributed by atoms with Crippen LogP contribution >= 0.6 is 0 Å². The maximum Gasteiger partial charge on any atom is 0.408 e. The Morgan fingerprint density at radius 3 is 2.21 bits per heavy atom. The Morgan fingerprint density at radius 2 is 1.59 bits per heavy atom. The highest BCUT2D eigenvalue weighted by Crippen LogP contribution is 2.20. The molecule has 8 heteroatoms. The van der Waals surface area contributed by atoms with Gasteiger partial charge in [0.1, 0.15) is 23.3 Å². The molecule has 2 rings (SSSR count). The lowest BCUT2D eigenvalue weighted by atomic mass is 10.0. The number of esters is 1. The van der Waals surface area contributed by atoms with Crippen LogP contribution in [0.25, 0.3) is 10.9 Å². The number of rotatable bonds is 9. The van der Waals surface area contributed by atoms with E-state index in [1.54, 1.807) is 41.5 Å². The molecule has 0 radical (unpaired) electrons. The number of hydrogen-bond donors (Lipinski definition) is 3. The van der Waals surface area contributed by atoms with Crippen LogP contribution < -0.4 is 10.6 Å². The summed E-state index contributed by atoms with van der Waals surface area (Å²) in [5.41, 5.74) is 0.428. The molecule has 0 aliphatic carbocycles. The number of amides is 2. The monoisotopic (exact) mass is 473 g/mol. The van der Waals surface area contributed by atoms with Gasteiger partial charge < -0.3 is 25.1 Å². The number of H-pyrrole nitrogens is 1. The Hall–Kier alpha value is -3.03. The average Bonchev–Trinajstić information content (AvgIpc) is 3.10. The van der Waals surface area contributed by atoms with Gasteiger partial charge in [-0.15, -0.1) is 0 Å². The van der Waals surface area contributed by atoms with E-state index in [1.165, 1.54) is 0 Å². The topological polar surface area (TPSA) is 110 Å². The lowest BCUT2D eigenvalue weighted by Crippen LogP contribution is -2.53. The minimum absolute atomic E-state index is 0.248. The predicted octanol–water partition coefficient (Wildman–Crippen LogP) is 4.62. The normalized spacial score (nSPS) is 13.7. The Kier molecular flexibility index (Phi) is 9.13. The fraction of sp³-hybridized carbons (Fsp3) is 0.577. The Labute approximate surface area is 202 Å². The first-order valence-electron chi connectivity index (χ1n) is 11.9. The Balaban J connectivity index is 2.24. The van der Waals surface area contributed by atoms with Crippen molar-refractivity contribution < 1.29 is 23.9 Å². The van der Waals surface area contributed by atoms with Gasteiger partial charge in [-0.1, -0.05) is 38.0 Å². The first kappa shape index (κ1) is 27.2. The third-order valence-electron chi connectivity index (χ3n) is 4.96. The number of nitrogens with one attached hydrogen (secondary N) is 3. The van der Waals surface area contributed by atoms with E-state index < -0.39 is 41.3 Å². The highest BCUT2D eigenvalue weighted by molar-refractivity contribution is 5.90. The molecule has 0 unspecified atom stereocenters. The number of benzene rings is 1. The summed E-state index contributed by atoms with van der Waals surface area (Å²) < 4.78 is 10.9. The van der Waals surface area contributed by atoms with Crippen LogP contribution in [-0.2, 0) is 25.5 Å². The summed E-state index contributed by atoms with van der Waals surface area (Å²) in [6.07, 6.45) is 3.42. The second-order valence-electron chi connectivity index (χ2n) is 10.5. The SMILES string of the molecule is CCCC[C@H](NC(=O)OC(C)(C)C)C(=O)N[C@H](Cc1c[nH]c2ccccc12)C(=O)OC(C)(C)C. The summed E-state index contributed by atoms with van der Waals surface area (Å²) in [5.74, 6) is -0.979. The second kappa shape index (κ2) is 11.4. The molecule has 2 amide bonds. The third-order valence-corrected chi connectivity index (χ3v) is 4.96. The fourth-order valence-corrected chi connectivity index (χ4v) is 3.49. The van der Waals surface area contributed by atoms with Gasteiger partial charge in [-0.25, -0.2) is 9.59 Å². The standard InChI is InChI=1S/C26H39N3O5/c1-8-9-13-20(29-24(32)34-26(5,6)7)22(30)28-21(23(31)33-25(2,3)4)15-17-16-27-19-14-11-10-12-18(17)19/h10-12,14,16,20-21,27H,8-9,13,15H2,1-7H3,(H,28,30)(H,29,32)/t20-,21+/m0/s1. The molecule has 0 saturated heterocycles. The molecule has 0 spiro atoms. The number of aromatic amines is 1. The number of unbranched alkanes of at least 4 members (excludes halogenated alkanes) is 1. The van der Waals surface area contributed by atoms with E-state index in [4.69, 9.17) is 9.47 Å². The van der Waals surface area contributed by atoms with Crippen molar-refractivity contribution in [3.63, 3.8) is 0 Å². The number of carbonyl (C=O) groups is 3. The van der Waals surface area contributed by atoms with Crippen LogP contribution in [0.2, 0.25) is 0 Å². The molecule has 0 aliphatic heterocycles. The Morgan fingerprint density at radius 1 is 0.941 bits per heavy atom. The average molecular weight is 474 g/mol. The lowest BCUT2D eigenvalue weighted by molar-refractivity contribution is -0.158. The van der Waals surface area contributed by atoms with Crippen LogP contribution in [0.3, 0.4) is 0 Å². The molecule has 0 fully saturated rings. The zero-order valence-corrected chi connectivity index (χ0v) is 21.4. The van der Waals surface area contributed by atoms with Crippen molar-refractivity contribution in [3.05, 3.63) is 36.0 Å². The van der Waals surface area contributed by atoms with Crippen LogP contribution in [0.4, 0.5) is 4.79 Å². The molecule has 2 atom stereocenters. The first-order chi connectivity index (χ1) is 15.8. The zero-order chi connectivity index (χ0) is 25.5. The van der Waals surface area contributed by atoms with Gasteiger partial charge in [-0.3, -0.25) is 4.79 Å². The van der Waals surface area contributed by atoms with Gasteiger partial charge >= 0.3 is 12.1 Å². The number of fused-ring (bicyclic) bond motifs is 1. The van der Waals surface area contributed by atoms with Crippen LogP contribution in [0.5, 0.6) is 0 Å². The number of aromatic nitrogens is 1. The number of hydrogen-bond acceptors (Lipinski definition) is 5. The summed E-state index contributed by atoms with van der Waals surface area (Å²) in [5, 5.41) is 6.45. The first-order valence-corrected chi connectivity index (χ1v) is 11.9. The Bertz CT molecular complexity index is 984. The molecular weight excluding hydrogens is 434 g/mol. The number of para-hydroxylation sites is 1. The molecule has 0 bridgehead atoms. The van der Waals surface area contributed by atoms with Crippen molar-refractivity contribution in [2.24, 2.45) is 0 Å². The molecular formula is C26H39N3O5. The molecule has 0 saturated carbocycles. The van der Waals surface area contributed by atoms with Crippen molar-refractivity contribution in [2.45, 2.75) is 97.4 Å². The molecule has 2 aromatic rings. The number of ether oxygens (including phenoxy) is 2. The number of carbonyl (C=O) groups excluding carboxylic acids is 3. The van der Waals surface area contributed by atoms with Gasteiger partial charge in [0.05, 0.1) is 0 Å². The molecule has 1 heterocycles. The summed E-state index contributed by atoms with van der Waals surface area (Å²) in [7, 11) is 0. The molecule has 34 heavy (non-hydrogen) atoms. The minimum atomic E-state index is -0.921. The van der Waals surface area contributed by atoms with E-state index in [-0.39, 0.29) is 6.42 Å². The quantitative estimate of drug-likeness (QED) is 0.460. The summed E-state index contributed by atoms with van der Waals surface area (Å²) in [6, 6.07) is 6.01. The maximum atomic E-state index is 13.2. The van der Waals surface area contributed by atoms with Crippen molar-refractivity contribution in [3.8, 4) is 0 Å². The minimum Gasteiger partial charge on any atom is -0.458 e. The smallest absolute Gasteiger partial charge is 0.408 e. The molecule has 0 aliphatic rings. The zero-order valence-electron chi connectivity index (χ0n) is 21.4. The van der Waals surface area contributed by atoms with E-state index in [0.717, 1.165) is 29.3 Å². The lowest BCUT2D eigenvalue weighted by Gasteiger charge is -2.27. The van der Waals surface area contributed by atoms with Gasteiger partial charge in [0.25, 0.3) is 0 Å². The van der Waals surface area contributed by atoms with E-state index in [9.17, 15) is 14.4 Å². The maximum absolute atomic E-state index is 13.2. The molecule has 3 N–H and O–H groups in total. The van der Waals surface area contributed by atoms with Crippen LogP contribution in [0, 0.1) is 0 Å². The van der Waals surface area contributed by atoms with Gasteiger partial charge in [-0.05, 0) is 59.6 Å². The van der Waals surface area contributed by atoms with Crippen molar-refractivity contribution >= 4 is 28.9 Å². The van der Waals surface area contributed by atoms with Crippen molar-refractivity contribution in [1.29, 1.82) is 0 Å². The van der Waals surface area contributed by atoms with Gasteiger partial charge in [0, 0.05) is 23.5 Å². The van der Waals surface area contributed by atoms with Crippen LogP contribution in [0.1, 0.15) is 73.3 Å². The van der Waals surface area contributed by atoms with Gasteiger partial charge in [0.15, 0.2) is 0 Å². The van der Waals surface area contributed by atoms with E-state index >= 15 is 0 Å². The summed E-state index contributed by atoms with van der Waals surface area (Å²) in [4.78, 5) is 41.8. The summed E-state index contributed by atoms with van der Waals surface area (Å²) in [6.45, 7) is 12.6. The van der Waals surface area contributed by atoms with E-state index in [1.807, 2.05) is 37.4 Å². The van der Waals surface area contributed by atoms with Gasteiger partial charge in [-0.2, -0.15) is 0 Å². The van der Waals surface area contributed by atoms with Crippen molar-refractivity contribution in [1.82, 2.24) is 15.6 Å².